The number of hydrogen-bond donors (Lipinski definition) is 2. The first-order valence-corrected chi connectivity index (χ1v) is 11.3. The van der Waals surface area contributed by atoms with E-state index in [9.17, 15) is 9.59 Å². The van der Waals surface area contributed by atoms with E-state index in [1.165, 1.54) is 4.90 Å². The SMILES string of the molecule is CCc1cccc(NC(=O)N(CC)CC(=O)Nc2cc(C(C)(C)C)nn2-c2ccccc2)c1. The van der Waals surface area contributed by atoms with Crippen molar-refractivity contribution in [3.8, 4) is 5.69 Å². The van der Waals surface area contributed by atoms with E-state index < -0.39 is 0 Å². The second-order valence-electron chi connectivity index (χ2n) is 8.96. The number of carbonyl (C=O) groups is 2. The van der Waals surface area contributed by atoms with Crippen molar-refractivity contribution >= 4 is 23.4 Å². The minimum Gasteiger partial charge on any atom is -0.315 e. The zero-order valence-corrected chi connectivity index (χ0v) is 20.1. The summed E-state index contributed by atoms with van der Waals surface area (Å²) in [7, 11) is 0. The number of aromatic nitrogens is 2. The van der Waals surface area contributed by atoms with Gasteiger partial charge in [0.2, 0.25) is 5.91 Å². The normalized spacial score (nSPS) is 11.2. The first kappa shape index (κ1) is 24.0. The number of hydrogen-bond acceptors (Lipinski definition) is 3. The highest BCUT2D eigenvalue weighted by atomic mass is 16.2. The fourth-order valence-corrected chi connectivity index (χ4v) is 3.36. The van der Waals surface area contributed by atoms with Crippen molar-refractivity contribution in [1.29, 1.82) is 0 Å². The van der Waals surface area contributed by atoms with Gasteiger partial charge < -0.3 is 15.5 Å². The molecule has 33 heavy (non-hydrogen) atoms. The number of amides is 3. The Morgan fingerprint density at radius 3 is 2.33 bits per heavy atom. The van der Waals surface area contributed by atoms with Crippen molar-refractivity contribution in [2.75, 3.05) is 23.7 Å². The summed E-state index contributed by atoms with van der Waals surface area (Å²) >= 11 is 0. The van der Waals surface area contributed by atoms with Gasteiger partial charge in [0, 0.05) is 23.7 Å². The molecule has 7 nitrogen and oxygen atoms in total. The number of likely N-dealkylation sites (N-methyl/N-ethyl adjacent to an activating group) is 1. The Morgan fingerprint density at radius 1 is 0.970 bits per heavy atom. The molecule has 174 valence electrons. The van der Waals surface area contributed by atoms with Gasteiger partial charge in [0.05, 0.1) is 11.4 Å². The topological polar surface area (TPSA) is 79.3 Å². The molecular formula is C26H33N5O2. The Kier molecular flexibility index (Phi) is 7.53. The first-order valence-electron chi connectivity index (χ1n) is 11.3. The molecule has 0 spiro atoms. The summed E-state index contributed by atoms with van der Waals surface area (Å²) in [4.78, 5) is 27.2. The van der Waals surface area contributed by atoms with Crippen LogP contribution in [0.15, 0.2) is 60.7 Å². The van der Waals surface area contributed by atoms with Gasteiger partial charge in [-0.3, -0.25) is 4.79 Å². The lowest BCUT2D eigenvalue weighted by atomic mass is 9.92. The molecule has 0 aliphatic rings. The highest BCUT2D eigenvalue weighted by Gasteiger charge is 2.22. The third-order valence-corrected chi connectivity index (χ3v) is 5.34. The molecule has 0 fully saturated rings. The Labute approximate surface area is 195 Å². The summed E-state index contributed by atoms with van der Waals surface area (Å²) in [5.41, 5.74) is 3.39. The molecule has 0 saturated heterocycles. The molecule has 2 aromatic carbocycles. The molecule has 1 heterocycles. The third-order valence-electron chi connectivity index (χ3n) is 5.34. The van der Waals surface area contributed by atoms with Crippen molar-refractivity contribution in [3.05, 3.63) is 71.9 Å². The van der Waals surface area contributed by atoms with E-state index in [-0.39, 0.29) is 23.9 Å². The van der Waals surface area contributed by atoms with Crippen LogP contribution in [0.25, 0.3) is 5.69 Å². The van der Waals surface area contributed by atoms with Gasteiger partial charge in [0.1, 0.15) is 12.4 Å². The highest BCUT2D eigenvalue weighted by molar-refractivity contribution is 5.96. The standard InChI is InChI=1S/C26H33N5O2/c1-6-19-12-11-13-20(16-19)27-25(33)30(7-2)18-24(32)28-23-17-22(26(3,4)5)29-31(23)21-14-9-8-10-15-21/h8-17H,6-7,18H2,1-5H3,(H,27,33)(H,28,32). The highest BCUT2D eigenvalue weighted by Crippen LogP contribution is 2.26. The van der Waals surface area contributed by atoms with Crippen molar-refractivity contribution in [3.63, 3.8) is 0 Å². The van der Waals surface area contributed by atoms with Crippen molar-refractivity contribution in [1.82, 2.24) is 14.7 Å². The number of anilines is 2. The predicted molar refractivity (Wildman–Crippen MR) is 133 cm³/mol. The van der Waals surface area contributed by atoms with Crippen molar-refractivity contribution in [2.45, 2.75) is 46.5 Å². The minimum absolute atomic E-state index is 0.0688. The van der Waals surface area contributed by atoms with Gasteiger partial charge in [-0.1, -0.05) is 58.0 Å². The van der Waals surface area contributed by atoms with Crippen LogP contribution in [0.3, 0.4) is 0 Å². The number of rotatable bonds is 7. The lowest BCUT2D eigenvalue weighted by Gasteiger charge is -2.21. The predicted octanol–water partition coefficient (Wildman–Crippen LogP) is 5.22. The third kappa shape index (κ3) is 6.22. The molecule has 0 atom stereocenters. The smallest absolute Gasteiger partial charge is 0.315 e. The fraction of sp³-hybridized carbons (Fsp3) is 0.346. The summed E-state index contributed by atoms with van der Waals surface area (Å²) in [6, 6.07) is 18.9. The zero-order valence-electron chi connectivity index (χ0n) is 20.1. The van der Waals surface area contributed by atoms with Gasteiger partial charge in [-0.25, -0.2) is 9.48 Å². The number of nitrogens with one attached hydrogen (secondary N) is 2. The van der Waals surface area contributed by atoms with E-state index in [2.05, 4.69) is 38.3 Å². The number of aryl methyl sites for hydroxylation is 1. The maximum absolute atomic E-state index is 12.9. The molecule has 3 amide bonds. The summed E-state index contributed by atoms with van der Waals surface area (Å²) < 4.78 is 1.73. The van der Waals surface area contributed by atoms with Crippen LogP contribution in [0, 0.1) is 0 Å². The second kappa shape index (κ2) is 10.3. The molecule has 1 aromatic heterocycles. The van der Waals surface area contributed by atoms with E-state index in [1.54, 1.807) is 4.68 Å². The van der Waals surface area contributed by atoms with Crippen LogP contribution in [0.2, 0.25) is 0 Å². The molecular weight excluding hydrogens is 414 g/mol. The molecule has 3 rings (SSSR count). The molecule has 2 N–H and O–H groups in total. The Bertz CT molecular complexity index is 1100. The summed E-state index contributed by atoms with van der Waals surface area (Å²) in [5.74, 6) is 0.287. The van der Waals surface area contributed by atoms with E-state index in [4.69, 9.17) is 5.10 Å². The first-order chi connectivity index (χ1) is 15.7. The van der Waals surface area contributed by atoms with Gasteiger partial charge in [0.15, 0.2) is 0 Å². The van der Waals surface area contributed by atoms with Crippen LogP contribution in [0.5, 0.6) is 0 Å². The quantitative estimate of drug-likeness (QED) is 0.521. The molecule has 0 aliphatic carbocycles. The average Bonchev–Trinajstić information content (AvgIpc) is 3.22. The lowest BCUT2D eigenvalue weighted by Crippen LogP contribution is -2.40. The number of nitrogens with zero attached hydrogens (tertiary/aromatic N) is 3. The van der Waals surface area contributed by atoms with Crippen LogP contribution < -0.4 is 10.6 Å². The second-order valence-corrected chi connectivity index (χ2v) is 8.96. The largest absolute Gasteiger partial charge is 0.322 e. The molecule has 0 radical (unpaired) electrons. The van der Waals surface area contributed by atoms with Crippen LogP contribution in [-0.2, 0) is 16.6 Å². The van der Waals surface area contributed by atoms with Crippen molar-refractivity contribution < 1.29 is 9.59 Å². The van der Waals surface area contributed by atoms with Crippen molar-refractivity contribution in [2.24, 2.45) is 0 Å². The maximum atomic E-state index is 12.9. The number of urea groups is 1. The Balaban J connectivity index is 1.74. The van der Waals surface area contributed by atoms with Gasteiger partial charge >= 0.3 is 6.03 Å². The Morgan fingerprint density at radius 2 is 1.70 bits per heavy atom. The summed E-state index contributed by atoms with van der Waals surface area (Å²) in [5, 5.41) is 10.6. The lowest BCUT2D eigenvalue weighted by molar-refractivity contribution is -0.116. The Hall–Kier alpha value is -3.61. The molecule has 0 aliphatic heterocycles. The van der Waals surface area contributed by atoms with Gasteiger partial charge in [0.25, 0.3) is 0 Å². The number of carbonyl (C=O) groups excluding carboxylic acids is 2. The van der Waals surface area contributed by atoms with Crippen LogP contribution in [0.1, 0.15) is 45.9 Å². The molecule has 7 heteroatoms. The number of para-hydroxylation sites is 1. The maximum Gasteiger partial charge on any atom is 0.322 e. The van der Waals surface area contributed by atoms with Gasteiger partial charge in [-0.2, -0.15) is 5.10 Å². The van der Waals surface area contributed by atoms with Crippen LogP contribution >= 0.6 is 0 Å². The van der Waals surface area contributed by atoms with E-state index >= 15 is 0 Å². The number of benzene rings is 2. The molecule has 0 unspecified atom stereocenters. The molecule has 0 bridgehead atoms. The molecule has 3 aromatic rings. The average molecular weight is 448 g/mol. The van der Waals surface area contributed by atoms with Gasteiger partial charge in [-0.05, 0) is 43.2 Å². The van der Waals surface area contributed by atoms with Crippen LogP contribution in [-0.4, -0.2) is 39.7 Å². The van der Waals surface area contributed by atoms with E-state index in [0.29, 0.717) is 12.4 Å². The fourth-order valence-electron chi connectivity index (χ4n) is 3.36. The van der Waals surface area contributed by atoms with E-state index in [1.807, 2.05) is 67.6 Å². The summed E-state index contributed by atoms with van der Waals surface area (Å²) in [6.45, 7) is 10.5. The molecule has 0 saturated carbocycles. The monoisotopic (exact) mass is 447 g/mol. The minimum atomic E-state index is -0.312. The van der Waals surface area contributed by atoms with Gasteiger partial charge in [-0.15, -0.1) is 0 Å². The zero-order chi connectivity index (χ0) is 24.0. The van der Waals surface area contributed by atoms with E-state index in [0.717, 1.165) is 29.1 Å². The summed E-state index contributed by atoms with van der Waals surface area (Å²) in [6.07, 6.45) is 0.884. The van der Waals surface area contributed by atoms with Crippen LogP contribution in [0.4, 0.5) is 16.3 Å².